The van der Waals surface area contributed by atoms with Crippen molar-refractivity contribution in [3.8, 4) is 40.6 Å². The first-order valence-corrected chi connectivity index (χ1v) is 21.3. The number of nitriles is 1. The number of esters is 2. The highest BCUT2D eigenvalue weighted by Crippen LogP contribution is 2.71. The molecule has 4 N–H and O–H groups in total. The number of carboxylic acids is 1. The van der Waals surface area contributed by atoms with E-state index in [-0.39, 0.29) is 37.1 Å². The average Bonchev–Trinajstić information content (AvgIpc) is 3.99. The van der Waals surface area contributed by atoms with Crippen molar-refractivity contribution in [1.29, 1.82) is 5.26 Å². The van der Waals surface area contributed by atoms with Gasteiger partial charge in [-0.05, 0) is 61.7 Å². The second kappa shape index (κ2) is 12.7. The van der Waals surface area contributed by atoms with Gasteiger partial charge in [0.2, 0.25) is 6.79 Å². The Labute approximate surface area is 353 Å². The van der Waals surface area contributed by atoms with Gasteiger partial charge in [-0.15, -0.1) is 11.8 Å². The van der Waals surface area contributed by atoms with E-state index in [0.717, 1.165) is 16.5 Å². The minimum Gasteiger partial charge on any atom is -0.504 e. The molecule has 3 fully saturated rings. The normalized spacial score (nSPS) is 31.5. The number of aromatic amines is 1. The summed E-state index contributed by atoms with van der Waals surface area (Å²) in [5, 5.41) is 37.7. The number of thioether (sulfide) groups is 1. The minimum absolute atomic E-state index is 0.0158. The highest BCUT2D eigenvalue weighted by atomic mass is 32.2. The van der Waals surface area contributed by atoms with E-state index in [1.54, 1.807) is 20.1 Å². The molecule has 9 heterocycles. The molecule has 8 aliphatic rings. The summed E-state index contributed by atoms with van der Waals surface area (Å²) in [6.45, 7) is 7.07. The Balaban J connectivity index is 1.20. The fourth-order valence-electron chi connectivity index (χ4n) is 12.1. The number of carbonyl (C=O) groups excluding carboxylic acids is 2. The van der Waals surface area contributed by atoms with Gasteiger partial charge in [-0.1, -0.05) is 0 Å². The summed E-state index contributed by atoms with van der Waals surface area (Å²) in [7, 11) is 3.08. The lowest BCUT2D eigenvalue weighted by Crippen LogP contribution is -2.67. The molecule has 1 aromatic heterocycles. The average molecular weight is 850 g/mol. The van der Waals surface area contributed by atoms with Crippen molar-refractivity contribution in [2.75, 3.05) is 39.9 Å². The van der Waals surface area contributed by atoms with Crippen LogP contribution in [0.5, 0.6) is 34.5 Å². The molecule has 316 valence electrons. The Morgan fingerprint density at radius 3 is 2.57 bits per heavy atom. The number of benzene rings is 3. The van der Waals surface area contributed by atoms with Gasteiger partial charge in [0.15, 0.2) is 28.5 Å². The van der Waals surface area contributed by atoms with Crippen LogP contribution in [0.2, 0.25) is 0 Å². The van der Waals surface area contributed by atoms with E-state index in [0.29, 0.717) is 75.0 Å². The number of aryl methyl sites for hydroxylation is 1. The van der Waals surface area contributed by atoms with Crippen molar-refractivity contribution >= 4 is 40.6 Å². The Kier molecular flexibility index (Phi) is 7.96. The lowest BCUT2D eigenvalue weighted by atomic mass is 9.72. The van der Waals surface area contributed by atoms with Crippen LogP contribution in [0.15, 0.2) is 24.3 Å². The van der Waals surface area contributed by atoms with Gasteiger partial charge in [0, 0.05) is 76.8 Å². The maximum Gasteiger partial charge on any atom is 0.333 e. The van der Waals surface area contributed by atoms with Crippen LogP contribution in [0.1, 0.15) is 82.2 Å². The number of fused-ring (bicyclic) bond motifs is 11. The highest BCUT2D eigenvalue weighted by Gasteiger charge is 2.72. The van der Waals surface area contributed by atoms with Crippen LogP contribution in [-0.4, -0.2) is 100 Å². The third kappa shape index (κ3) is 4.73. The lowest BCUT2D eigenvalue weighted by Gasteiger charge is -2.58. The molecule has 0 aliphatic carbocycles. The molecule has 4 bridgehead atoms. The molecule has 12 rings (SSSR count). The fraction of sp³-hybridized carbons (Fsp3) is 0.455. The summed E-state index contributed by atoms with van der Waals surface area (Å²) in [4.78, 5) is 49.3. The molecule has 16 nitrogen and oxygen atoms in total. The quantitative estimate of drug-likeness (QED) is 0.163. The Morgan fingerprint density at radius 1 is 1.07 bits per heavy atom. The summed E-state index contributed by atoms with van der Waals surface area (Å²) >= 11 is 1.38. The number of carboxylic acid groups (broad SMARTS) is 1. The van der Waals surface area contributed by atoms with Gasteiger partial charge >= 0.3 is 17.9 Å². The van der Waals surface area contributed by atoms with Gasteiger partial charge in [-0.3, -0.25) is 24.7 Å². The largest absolute Gasteiger partial charge is 0.504 e. The molecule has 4 aromatic rings. The second-order valence-electron chi connectivity index (χ2n) is 17.4. The van der Waals surface area contributed by atoms with Gasteiger partial charge in [-0.2, -0.15) is 5.26 Å². The predicted molar refractivity (Wildman–Crippen MR) is 217 cm³/mol. The van der Waals surface area contributed by atoms with Crippen molar-refractivity contribution < 1.29 is 53.0 Å². The smallest absolute Gasteiger partial charge is 0.333 e. The molecule has 17 heteroatoms. The van der Waals surface area contributed by atoms with E-state index in [9.17, 15) is 25.1 Å². The molecule has 2 unspecified atom stereocenters. The van der Waals surface area contributed by atoms with Gasteiger partial charge in [0.1, 0.15) is 29.7 Å². The number of phenolic OH excluding ortho intramolecular Hbond substituents is 1. The van der Waals surface area contributed by atoms with Crippen molar-refractivity contribution in [3.05, 3.63) is 68.9 Å². The summed E-state index contributed by atoms with van der Waals surface area (Å²) < 4.78 is 36.4. The number of phenols is 1. The monoisotopic (exact) mass is 849 g/mol. The number of ether oxygens (including phenoxy) is 6. The Bertz CT molecular complexity index is 2730. The molecule has 3 saturated heterocycles. The molecule has 3 aromatic carbocycles. The number of nitrogens with zero attached hydrogens (tertiary/aromatic N) is 3. The molecule has 0 radical (unpaired) electrons. The van der Waals surface area contributed by atoms with E-state index in [1.807, 2.05) is 19.1 Å². The van der Waals surface area contributed by atoms with Crippen LogP contribution in [-0.2, 0) is 36.6 Å². The van der Waals surface area contributed by atoms with Crippen LogP contribution in [0.4, 0.5) is 0 Å². The summed E-state index contributed by atoms with van der Waals surface area (Å²) in [5.41, 5.74) is 2.41. The number of carbonyl (C=O) groups is 3. The zero-order chi connectivity index (χ0) is 42.7. The van der Waals surface area contributed by atoms with Crippen LogP contribution in [0.25, 0.3) is 10.9 Å². The Hall–Kier alpha value is -5.67. The van der Waals surface area contributed by atoms with Crippen molar-refractivity contribution in [1.82, 2.24) is 20.1 Å². The number of aromatic hydroxyl groups is 1. The summed E-state index contributed by atoms with van der Waals surface area (Å²) in [6.07, 6.45) is 0.453. The first-order valence-electron chi connectivity index (χ1n) is 20.2. The maximum atomic E-state index is 15.2. The van der Waals surface area contributed by atoms with Gasteiger partial charge < -0.3 is 43.6 Å². The van der Waals surface area contributed by atoms with Gasteiger partial charge in [-0.25, -0.2) is 4.79 Å². The van der Waals surface area contributed by atoms with E-state index < -0.39 is 63.9 Å². The van der Waals surface area contributed by atoms with Crippen LogP contribution in [0, 0.1) is 25.2 Å². The third-order valence-electron chi connectivity index (χ3n) is 14.4. The number of piperazine rings is 1. The molecular weight excluding hydrogens is 807 g/mol. The SMILES string of the molecule is COc1ccc2[nH]c3c(c2c1)C[C@@H](C(=O)O)N[C@]31CS[C@@H]2c3c(OC(C)=O)c(C)c4c(c3[C@H](COC1=O)N1[C@@H]2[C@H]2c3c(cc(C)c(OC)c3O)C3(C)CC1(C#N)CN23)OCO4. The van der Waals surface area contributed by atoms with Gasteiger partial charge in [0.05, 0.1) is 43.3 Å². The van der Waals surface area contributed by atoms with Crippen molar-refractivity contribution in [2.45, 2.75) is 86.6 Å². The minimum atomic E-state index is -1.71. The van der Waals surface area contributed by atoms with Crippen LogP contribution >= 0.6 is 11.8 Å². The zero-order valence-corrected chi connectivity index (χ0v) is 35.1. The zero-order valence-electron chi connectivity index (χ0n) is 34.3. The first kappa shape index (κ1) is 38.3. The number of aromatic nitrogens is 1. The van der Waals surface area contributed by atoms with Crippen molar-refractivity contribution in [2.24, 2.45) is 0 Å². The van der Waals surface area contributed by atoms with E-state index in [1.165, 1.54) is 25.8 Å². The summed E-state index contributed by atoms with van der Waals surface area (Å²) in [6, 6.07) is 7.09. The molecule has 1 spiro atoms. The van der Waals surface area contributed by atoms with E-state index >= 15 is 4.79 Å². The molecular formula is C44H43N5O11S. The lowest BCUT2D eigenvalue weighted by molar-refractivity contribution is -0.158. The number of rotatable bonds is 4. The van der Waals surface area contributed by atoms with E-state index in [2.05, 4.69) is 39.2 Å². The standard InChI is InChI=1S/C44H43N5O11S/c1-18-9-24-28(33(51)34(18)56-6)31-32-38-30-29(37-36(58-17-59-37)19(2)35(30)60-20(3)50)27(49(32)43(14-45)13-42(24,4)48(31)15-43)12-57-41(54)44(16-61-38)39-23(11-26(47-44)40(52)53)22-10-21(55-5)7-8-25(22)46-39/h7-10,26-27,31-32,38,46-47,51H,11-13,15-17H2,1-6H3,(H,52,53)/t26-,27-,31+,32+,38+,42?,43?,44+/m0/s1. The topological polar surface area (TPSA) is 205 Å². The van der Waals surface area contributed by atoms with E-state index in [4.69, 9.17) is 28.4 Å². The maximum absolute atomic E-state index is 15.2. The number of hydrogen-bond acceptors (Lipinski definition) is 15. The highest BCUT2D eigenvalue weighted by molar-refractivity contribution is 7.99. The fourth-order valence-corrected chi connectivity index (χ4v) is 13.7. The third-order valence-corrected chi connectivity index (χ3v) is 15.9. The number of H-pyrrole nitrogens is 1. The Morgan fingerprint density at radius 2 is 1.85 bits per heavy atom. The van der Waals surface area contributed by atoms with Gasteiger partial charge in [0.25, 0.3) is 0 Å². The van der Waals surface area contributed by atoms with Crippen LogP contribution in [0.3, 0.4) is 0 Å². The molecule has 0 saturated carbocycles. The van der Waals surface area contributed by atoms with Crippen molar-refractivity contribution in [3.63, 3.8) is 0 Å². The molecule has 0 amide bonds. The number of nitrogens with one attached hydrogen (secondary N) is 2. The number of methoxy groups -OCH3 is 2. The molecule has 8 aliphatic heterocycles. The second-order valence-corrected chi connectivity index (χ2v) is 18.6. The predicted octanol–water partition coefficient (Wildman–Crippen LogP) is 4.66. The number of aliphatic carboxylic acids is 1. The van der Waals surface area contributed by atoms with Crippen LogP contribution < -0.4 is 29.0 Å². The first-order chi connectivity index (χ1) is 29.2. The molecule has 8 atom stereocenters. The number of hydrogen-bond donors (Lipinski definition) is 4. The summed E-state index contributed by atoms with van der Waals surface area (Å²) in [5.74, 6) is -0.406. The molecule has 61 heavy (non-hydrogen) atoms.